The van der Waals surface area contributed by atoms with Crippen molar-refractivity contribution in [1.29, 1.82) is 0 Å². The maximum absolute atomic E-state index is 14.6. The van der Waals surface area contributed by atoms with Crippen LogP contribution in [0.15, 0.2) is 22.5 Å². The maximum Gasteiger partial charge on any atom is 0.269 e. The van der Waals surface area contributed by atoms with Crippen LogP contribution in [-0.2, 0) is 10.0 Å². The van der Waals surface area contributed by atoms with E-state index in [0.29, 0.717) is 6.54 Å². The molecule has 1 aliphatic rings. The van der Waals surface area contributed by atoms with Crippen LogP contribution in [-0.4, -0.2) is 26.0 Å². The summed E-state index contributed by atoms with van der Waals surface area (Å²) in [6.45, 7) is 2.54. The third kappa shape index (κ3) is 3.07. The van der Waals surface area contributed by atoms with Crippen LogP contribution in [0.2, 0.25) is 5.02 Å². The number of nitrogens with one attached hydrogen (secondary N) is 1. The average Bonchev–Trinajstić information content (AvgIpc) is 3.14. The Labute approximate surface area is 147 Å². The van der Waals surface area contributed by atoms with Crippen molar-refractivity contribution in [1.82, 2.24) is 4.98 Å². The van der Waals surface area contributed by atoms with Crippen LogP contribution < -0.4 is 9.62 Å². The number of nitrogens with zero attached hydrogens (tertiary/aromatic N) is 2. The summed E-state index contributed by atoms with van der Waals surface area (Å²) < 4.78 is 55.7. The van der Waals surface area contributed by atoms with Crippen LogP contribution in [0.4, 0.5) is 19.6 Å². The molecule has 0 amide bonds. The summed E-state index contributed by atoms with van der Waals surface area (Å²) in [6.07, 6.45) is 3.14. The van der Waals surface area contributed by atoms with Crippen molar-refractivity contribution in [2.45, 2.75) is 30.7 Å². The molecule has 1 fully saturated rings. The van der Waals surface area contributed by atoms with Crippen LogP contribution in [0.5, 0.6) is 0 Å². The number of benzene rings is 1. The number of hydrogen-bond acceptors (Lipinski definition) is 5. The fraction of sp³-hybridized carbons (Fsp3) is 0.357. The van der Waals surface area contributed by atoms with E-state index in [1.54, 1.807) is 4.90 Å². The van der Waals surface area contributed by atoms with Crippen molar-refractivity contribution in [2.75, 3.05) is 16.2 Å². The van der Waals surface area contributed by atoms with Gasteiger partial charge in [0.1, 0.15) is 10.8 Å². The highest BCUT2D eigenvalue weighted by Crippen LogP contribution is 2.38. The van der Waals surface area contributed by atoms with Gasteiger partial charge in [0.2, 0.25) is 0 Å². The second kappa shape index (κ2) is 6.45. The topological polar surface area (TPSA) is 62.3 Å². The van der Waals surface area contributed by atoms with Gasteiger partial charge in [-0.25, -0.2) is 22.2 Å². The first-order valence-corrected chi connectivity index (χ1v) is 9.92. The fourth-order valence-corrected chi connectivity index (χ4v) is 5.00. The molecular formula is C14H14ClF2N3O2S2. The van der Waals surface area contributed by atoms with E-state index in [2.05, 4.69) is 4.98 Å². The summed E-state index contributed by atoms with van der Waals surface area (Å²) in [5, 5.41) is 1.15. The number of anilines is 2. The van der Waals surface area contributed by atoms with E-state index in [-0.39, 0.29) is 16.9 Å². The number of aromatic nitrogens is 1. The smallest absolute Gasteiger partial charge is 0.269 e. The maximum atomic E-state index is 14.6. The number of rotatable bonds is 4. The Bertz CT molecular complexity index is 859. The first kappa shape index (κ1) is 17.4. The molecular weight excluding hydrogens is 380 g/mol. The van der Waals surface area contributed by atoms with Gasteiger partial charge in [-0.15, -0.1) is 11.3 Å². The fourth-order valence-electron chi connectivity index (χ4n) is 2.75. The van der Waals surface area contributed by atoms with E-state index < -0.39 is 31.6 Å². The number of hydrogen-bond donors (Lipinski definition) is 1. The number of thiazole rings is 1. The van der Waals surface area contributed by atoms with Crippen molar-refractivity contribution < 1.29 is 17.2 Å². The van der Waals surface area contributed by atoms with E-state index in [1.807, 2.05) is 11.6 Å². The summed E-state index contributed by atoms with van der Waals surface area (Å²) in [4.78, 5) is 4.42. The zero-order valence-corrected chi connectivity index (χ0v) is 15.0. The number of sulfonamides is 1. The third-order valence-corrected chi connectivity index (χ3v) is 6.43. The highest BCUT2D eigenvalue weighted by atomic mass is 35.5. The van der Waals surface area contributed by atoms with E-state index in [4.69, 9.17) is 11.6 Å². The zero-order valence-electron chi connectivity index (χ0n) is 12.6. The third-order valence-electron chi connectivity index (χ3n) is 3.88. The van der Waals surface area contributed by atoms with Crippen LogP contribution in [0.3, 0.4) is 0 Å². The molecule has 130 valence electrons. The van der Waals surface area contributed by atoms with Gasteiger partial charge < -0.3 is 4.90 Å². The van der Waals surface area contributed by atoms with Crippen molar-refractivity contribution in [3.8, 4) is 0 Å². The molecule has 0 radical (unpaired) electrons. The Balaban J connectivity index is 2.05. The lowest BCUT2D eigenvalue weighted by Gasteiger charge is -2.25. The average molecular weight is 394 g/mol. The Hall–Kier alpha value is -1.45. The van der Waals surface area contributed by atoms with E-state index in [0.717, 1.165) is 30.2 Å². The van der Waals surface area contributed by atoms with Crippen molar-refractivity contribution >= 4 is 43.8 Å². The highest BCUT2D eigenvalue weighted by molar-refractivity contribution is 7.93. The summed E-state index contributed by atoms with van der Waals surface area (Å²) >= 11 is 7.01. The SMILES string of the molecule is CC1CCCN1c1cc(F)c(S(=O)(=O)Nc2nccs2)c(F)c1Cl. The summed E-state index contributed by atoms with van der Waals surface area (Å²) in [5.74, 6) is -2.48. The second-order valence-electron chi connectivity index (χ2n) is 5.46. The minimum Gasteiger partial charge on any atom is -0.367 e. The molecule has 1 aliphatic heterocycles. The predicted octanol–water partition coefficient (Wildman–Crippen LogP) is 3.86. The molecule has 1 atom stereocenters. The lowest BCUT2D eigenvalue weighted by molar-refractivity contribution is 0.520. The quantitative estimate of drug-likeness (QED) is 0.801. The molecule has 1 N–H and O–H groups in total. The molecule has 10 heteroatoms. The second-order valence-corrected chi connectivity index (χ2v) is 8.35. The Kier molecular flexibility index (Phi) is 4.67. The largest absolute Gasteiger partial charge is 0.367 e. The van der Waals surface area contributed by atoms with Gasteiger partial charge in [0.15, 0.2) is 15.8 Å². The van der Waals surface area contributed by atoms with Crippen LogP contribution in [0.1, 0.15) is 19.8 Å². The normalized spacial score (nSPS) is 18.2. The molecule has 2 aromatic rings. The minimum atomic E-state index is -4.48. The van der Waals surface area contributed by atoms with Gasteiger partial charge in [0.25, 0.3) is 10.0 Å². The summed E-state index contributed by atoms with van der Waals surface area (Å²) in [5.41, 5.74) is 0.171. The predicted molar refractivity (Wildman–Crippen MR) is 90.3 cm³/mol. The molecule has 1 aromatic heterocycles. The monoisotopic (exact) mass is 393 g/mol. The molecule has 0 saturated carbocycles. The first-order chi connectivity index (χ1) is 11.3. The van der Waals surface area contributed by atoms with Crippen LogP contribution >= 0.6 is 22.9 Å². The van der Waals surface area contributed by atoms with Crippen molar-refractivity contribution in [3.63, 3.8) is 0 Å². The van der Waals surface area contributed by atoms with Crippen molar-refractivity contribution in [2.24, 2.45) is 0 Å². The van der Waals surface area contributed by atoms with Gasteiger partial charge in [-0.05, 0) is 19.8 Å². The van der Waals surface area contributed by atoms with Gasteiger partial charge in [0, 0.05) is 30.2 Å². The molecule has 0 bridgehead atoms. The van der Waals surface area contributed by atoms with Gasteiger partial charge in [-0.2, -0.15) is 0 Å². The van der Waals surface area contributed by atoms with Gasteiger partial charge in [-0.3, -0.25) is 4.72 Å². The van der Waals surface area contributed by atoms with E-state index >= 15 is 0 Å². The van der Waals surface area contributed by atoms with Crippen molar-refractivity contribution in [3.05, 3.63) is 34.3 Å². The Morgan fingerprint density at radius 1 is 1.46 bits per heavy atom. The lowest BCUT2D eigenvalue weighted by Crippen LogP contribution is -2.27. The molecule has 0 spiro atoms. The van der Waals surface area contributed by atoms with E-state index in [1.165, 1.54) is 11.6 Å². The number of halogens is 3. The summed E-state index contributed by atoms with van der Waals surface area (Å²) in [6, 6.07) is 1.06. The molecule has 1 unspecified atom stereocenters. The molecule has 0 aliphatic carbocycles. The van der Waals surface area contributed by atoms with Gasteiger partial charge in [0.05, 0.1) is 5.69 Å². The van der Waals surface area contributed by atoms with Gasteiger partial charge in [-0.1, -0.05) is 11.6 Å². The summed E-state index contributed by atoms with van der Waals surface area (Å²) in [7, 11) is -4.48. The Morgan fingerprint density at radius 3 is 2.79 bits per heavy atom. The minimum absolute atomic E-state index is 0.0159. The van der Waals surface area contributed by atoms with E-state index in [9.17, 15) is 17.2 Å². The zero-order chi connectivity index (χ0) is 17.5. The first-order valence-electron chi connectivity index (χ1n) is 7.17. The highest BCUT2D eigenvalue weighted by Gasteiger charge is 2.32. The molecule has 1 aromatic carbocycles. The molecule has 1 saturated heterocycles. The lowest BCUT2D eigenvalue weighted by atomic mass is 10.2. The molecule has 24 heavy (non-hydrogen) atoms. The Morgan fingerprint density at radius 2 is 2.21 bits per heavy atom. The van der Waals surface area contributed by atoms with Crippen LogP contribution in [0.25, 0.3) is 0 Å². The molecule has 3 rings (SSSR count). The molecule has 2 heterocycles. The molecule has 5 nitrogen and oxygen atoms in total. The van der Waals surface area contributed by atoms with Gasteiger partial charge >= 0.3 is 0 Å². The van der Waals surface area contributed by atoms with Crippen LogP contribution in [0, 0.1) is 11.6 Å². The standard InChI is InChI=1S/C14H14ClF2N3O2S2/c1-8-3-2-5-20(8)10-7-9(16)13(12(17)11(10)15)24(21,22)19-14-18-4-6-23-14/h4,6-8H,2-3,5H2,1H3,(H,18,19).